The summed E-state index contributed by atoms with van der Waals surface area (Å²) in [6.07, 6.45) is 0.874. The van der Waals surface area contributed by atoms with Crippen molar-refractivity contribution in [2.75, 3.05) is 5.73 Å². The second-order valence-electron chi connectivity index (χ2n) is 4.90. The van der Waals surface area contributed by atoms with Crippen LogP contribution in [0.25, 0.3) is 0 Å². The maximum Gasteiger partial charge on any atom is 0.242 e. The van der Waals surface area contributed by atoms with Crippen LogP contribution in [0, 0.1) is 5.41 Å². The molecule has 0 spiro atoms. The lowest BCUT2D eigenvalue weighted by atomic mass is 10.2. The smallest absolute Gasteiger partial charge is 0.242 e. The van der Waals surface area contributed by atoms with Crippen LogP contribution in [0.5, 0.6) is 0 Å². The molecule has 5 heteroatoms. The van der Waals surface area contributed by atoms with Gasteiger partial charge >= 0.3 is 0 Å². The predicted molar refractivity (Wildman–Crippen MR) is 63.4 cm³/mol. The molecule has 1 atom stereocenters. The lowest BCUT2D eigenvalue weighted by Gasteiger charge is -2.09. The van der Waals surface area contributed by atoms with Gasteiger partial charge in [-0.1, -0.05) is 26.0 Å². The van der Waals surface area contributed by atoms with Crippen molar-refractivity contribution in [3.05, 3.63) is 24.3 Å². The highest BCUT2D eigenvalue weighted by atomic mass is 32.2. The van der Waals surface area contributed by atoms with E-state index in [0.29, 0.717) is 0 Å². The van der Waals surface area contributed by atoms with Gasteiger partial charge < -0.3 is 5.73 Å². The Morgan fingerprint density at radius 1 is 1.38 bits per heavy atom. The third-order valence-corrected chi connectivity index (χ3v) is 4.56. The van der Waals surface area contributed by atoms with Crippen molar-refractivity contribution in [2.24, 2.45) is 5.41 Å². The van der Waals surface area contributed by atoms with Crippen LogP contribution in [-0.4, -0.2) is 14.5 Å². The van der Waals surface area contributed by atoms with Gasteiger partial charge in [-0.25, -0.2) is 13.1 Å². The first-order chi connectivity index (χ1) is 7.33. The Balaban J connectivity index is 2.24. The number of nitrogen functional groups attached to an aromatic ring is 1. The molecule has 0 amide bonds. The highest BCUT2D eigenvalue weighted by molar-refractivity contribution is 7.89. The van der Waals surface area contributed by atoms with Crippen molar-refractivity contribution in [2.45, 2.75) is 31.2 Å². The van der Waals surface area contributed by atoms with Gasteiger partial charge in [0.1, 0.15) is 4.90 Å². The van der Waals surface area contributed by atoms with E-state index in [1.165, 1.54) is 6.07 Å². The van der Waals surface area contributed by atoms with E-state index in [1.807, 2.05) is 13.8 Å². The molecular formula is C11H16N2O2S. The summed E-state index contributed by atoms with van der Waals surface area (Å²) < 4.78 is 26.7. The average Bonchev–Trinajstić information content (AvgIpc) is 2.72. The summed E-state index contributed by atoms with van der Waals surface area (Å²) >= 11 is 0. The Kier molecular flexibility index (Phi) is 2.47. The minimum atomic E-state index is -3.47. The van der Waals surface area contributed by atoms with Gasteiger partial charge in [-0.3, -0.25) is 0 Å². The third kappa shape index (κ3) is 2.05. The van der Waals surface area contributed by atoms with E-state index in [9.17, 15) is 8.42 Å². The van der Waals surface area contributed by atoms with Gasteiger partial charge in [0.15, 0.2) is 0 Å². The molecule has 1 unspecified atom stereocenters. The average molecular weight is 240 g/mol. The number of rotatable bonds is 3. The first-order valence-electron chi connectivity index (χ1n) is 5.20. The zero-order valence-corrected chi connectivity index (χ0v) is 10.2. The maximum atomic E-state index is 12.0. The molecule has 3 N–H and O–H groups in total. The van der Waals surface area contributed by atoms with E-state index < -0.39 is 10.0 Å². The normalized spacial score (nSPS) is 23.0. The SMILES string of the molecule is CC1(C)CC1NS(=O)(=O)c1ccccc1N. The molecule has 2 rings (SSSR count). The van der Waals surface area contributed by atoms with Crippen molar-refractivity contribution < 1.29 is 8.42 Å². The fourth-order valence-electron chi connectivity index (χ4n) is 1.64. The highest BCUT2D eigenvalue weighted by Crippen LogP contribution is 2.45. The number of nitrogens with one attached hydrogen (secondary N) is 1. The fraction of sp³-hybridized carbons (Fsp3) is 0.455. The first-order valence-corrected chi connectivity index (χ1v) is 6.68. The number of anilines is 1. The van der Waals surface area contributed by atoms with Gasteiger partial charge in [-0.2, -0.15) is 0 Å². The largest absolute Gasteiger partial charge is 0.398 e. The molecule has 1 aromatic rings. The summed E-state index contributed by atoms with van der Waals surface area (Å²) in [5, 5.41) is 0. The summed E-state index contributed by atoms with van der Waals surface area (Å²) in [6, 6.07) is 6.52. The van der Waals surface area contributed by atoms with Gasteiger partial charge in [-0.15, -0.1) is 0 Å². The minimum Gasteiger partial charge on any atom is -0.398 e. The van der Waals surface area contributed by atoms with E-state index in [4.69, 9.17) is 5.73 Å². The Bertz CT molecular complexity index is 508. The molecule has 4 nitrogen and oxygen atoms in total. The van der Waals surface area contributed by atoms with Crippen molar-refractivity contribution in [3.8, 4) is 0 Å². The number of hydrogen-bond donors (Lipinski definition) is 2. The Labute approximate surface area is 95.9 Å². The lowest BCUT2D eigenvalue weighted by molar-refractivity contribution is 0.555. The van der Waals surface area contributed by atoms with Gasteiger partial charge in [0, 0.05) is 6.04 Å². The fourth-order valence-corrected chi connectivity index (χ4v) is 3.18. The van der Waals surface area contributed by atoms with Crippen LogP contribution < -0.4 is 10.5 Å². The molecule has 0 saturated heterocycles. The number of hydrogen-bond acceptors (Lipinski definition) is 3. The third-order valence-electron chi connectivity index (χ3n) is 3.02. The summed E-state index contributed by atoms with van der Waals surface area (Å²) in [5.74, 6) is 0. The zero-order valence-electron chi connectivity index (χ0n) is 9.40. The number of sulfonamides is 1. The summed E-state index contributed by atoms with van der Waals surface area (Å²) in [4.78, 5) is 0.165. The molecule has 1 saturated carbocycles. The van der Waals surface area contributed by atoms with Crippen molar-refractivity contribution in [1.29, 1.82) is 0 Å². The lowest BCUT2D eigenvalue weighted by Crippen LogP contribution is -2.29. The molecule has 0 aromatic heterocycles. The van der Waals surface area contributed by atoms with Crippen LogP contribution >= 0.6 is 0 Å². The van der Waals surface area contributed by atoms with Crippen molar-refractivity contribution in [1.82, 2.24) is 4.72 Å². The molecular weight excluding hydrogens is 224 g/mol. The van der Waals surface area contributed by atoms with Crippen LogP contribution in [0.3, 0.4) is 0 Å². The Hall–Kier alpha value is -1.07. The van der Waals surface area contributed by atoms with Crippen LogP contribution in [0.4, 0.5) is 5.69 Å². The molecule has 1 aliphatic carbocycles. The number of benzene rings is 1. The Morgan fingerprint density at radius 2 is 1.94 bits per heavy atom. The molecule has 1 fully saturated rings. The molecule has 0 heterocycles. The summed E-state index contributed by atoms with van der Waals surface area (Å²) in [7, 11) is -3.47. The highest BCUT2D eigenvalue weighted by Gasteiger charge is 2.48. The van der Waals surface area contributed by atoms with Crippen LogP contribution in [0.2, 0.25) is 0 Å². The van der Waals surface area contributed by atoms with Gasteiger partial charge in [-0.05, 0) is 24.0 Å². The maximum absolute atomic E-state index is 12.0. The number of para-hydroxylation sites is 1. The molecule has 1 aromatic carbocycles. The van der Waals surface area contributed by atoms with E-state index in [-0.39, 0.29) is 22.0 Å². The quantitative estimate of drug-likeness (QED) is 0.783. The standard InChI is InChI=1S/C11H16N2O2S/c1-11(2)7-10(11)13-16(14,15)9-6-4-3-5-8(9)12/h3-6,10,13H,7,12H2,1-2H3. The molecule has 0 bridgehead atoms. The van der Waals surface area contributed by atoms with Crippen LogP contribution in [-0.2, 0) is 10.0 Å². The van der Waals surface area contributed by atoms with E-state index in [0.717, 1.165) is 6.42 Å². The predicted octanol–water partition coefficient (Wildman–Crippen LogP) is 1.35. The molecule has 1 aliphatic rings. The monoisotopic (exact) mass is 240 g/mol. The summed E-state index contributed by atoms with van der Waals surface area (Å²) in [6.45, 7) is 4.07. The van der Waals surface area contributed by atoms with E-state index in [2.05, 4.69) is 4.72 Å². The second-order valence-corrected chi connectivity index (χ2v) is 6.59. The minimum absolute atomic E-state index is 0.0251. The molecule has 88 valence electrons. The summed E-state index contributed by atoms with van der Waals surface area (Å²) in [5.41, 5.74) is 6.00. The van der Waals surface area contributed by atoms with E-state index in [1.54, 1.807) is 18.2 Å². The zero-order chi connectivity index (χ0) is 12.0. The second kappa shape index (κ2) is 3.46. The first kappa shape index (κ1) is 11.4. The van der Waals surface area contributed by atoms with Crippen LogP contribution in [0.1, 0.15) is 20.3 Å². The molecule has 0 aliphatic heterocycles. The van der Waals surface area contributed by atoms with Gasteiger partial charge in [0.2, 0.25) is 10.0 Å². The van der Waals surface area contributed by atoms with Gasteiger partial charge in [0.25, 0.3) is 0 Å². The van der Waals surface area contributed by atoms with Crippen molar-refractivity contribution >= 4 is 15.7 Å². The number of nitrogens with two attached hydrogens (primary N) is 1. The van der Waals surface area contributed by atoms with Crippen molar-refractivity contribution in [3.63, 3.8) is 0 Å². The Morgan fingerprint density at radius 3 is 2.44 bits per heavy atom. The van der Waals surface area contributed by atoms with Crippen LogP contribution in [0.15, 0.2) is 29.2 Å². The molecule has 16 heavy (non-hydrogen) atoms. The van der Waals surface area contributed by atoms with Gasteiger partial charge in [0.05, 0.1) is 5.69 Å². The van der Waals surface area contributed by atoms with E-state index >= 15 is 0 Å². The topological polar surface area (TPSA) is 72.2 Å². The molecule has 0 radical (unpaired) electrons.